The highest BCUT2D eigenvalue weighted by atomic mass is 32.2. The van der Waals surface area contributed by atoms with Gasteiger partial charge in [-0.05, 0) is 29.7 Å². The molecule has 2 heteroatoms. The van der Waals surface area contributed by atoms with Gasteiger partial charge in [0, 0.05) is 9.79 Å². The van der Waals surface area contributed by atoms with Crippen molar-refractivity contribution in [2.24, 2.45) is 0 Å². The van der Waals surface area contributed by atoms with Crippen molar-refractivity contribution < 1.29 is 0 Å². The second-order valence-electron chi connectivity index (χ2n) is 4.13. The molecule has 0 N–H and O–H groups in total. The molecule has 0 amide bonds. The summed E-state index contributed by atoms with van der Waals surface area (Å²) in [4.78, 5) is 2.49. The van der Waals surface area contributed by atoms with Gasteiger partial charge in [0.05, 0.1) is 12.0 Å². The van der Waals surface area contributed by atoms with E-state index in [9.17, 15) is 5.26 Å². The summed E-state index contributed by atoms with van der Waals surface area (Å²) in [5.74, 6) is -0.0256. The predicted molar refractivity (Wildman–Crippen MR) is 69.1 cm³/mol. The van der Waals surface area contributed by atoms with E-state index < -0.39 is 0 Å². The summed E-state index contributed by atoms with van der Waals surface area (Å²) in [6, 6.07) is 19.0. The van der Waals surface area contributed by atoms with Crippen molar-refractivity contribution in [2.45, 2.75) is 22.1 Å². The Morgan fingerprint density at radius 1 is 1.00 bits per heavy atom. The zero-order valence-electron chi connectivity index (χ0n) is 9.26. The number of hydrogen-bond donors (Lipinski definition) is 0. The Kier molecular flexibility index (Phi) is 2.62. The van der Waals surface area contributed by atoms with Gasteiger partial charge in [-0.25, -0.2) is 0 Å². The molecule has 0 bridgehead atoms. The topological polar surface area (TPSA) is 23.8 Å². The summed E-state index contributed by atoms with van der Waals surface area (Å²) in [6.07, 6.45) is 0.816. The normalized spacial score (nSPS) is 17.5. The van der Waals surface area contributed by atoms with Crippen LogP contribution in [0.4, 0.5) is 0 Å². The summed E-state index contributed by atoms with van der Waals surface area (Å²) in [6.45, 7) is 0. The van der Waals surface area contributed by atoms with Crippen molar-refractivity contribution in [2.75, 3.05) is 0 Å². The van der Waals surface area contributed by atoms with Crippen LogP contribution in [-0.4, -0.2) is 0 Å². The molecule has 0 spiro atoms. The minimum atomic E-state index is -0.0256. The molecule has 82 valence electrons. The Morgan fingerprint density at radius 2 is 1.71 bits per heavy atom. The summed E-state index contributed by atoms with van der Waals surface area (Å²) in [5.41, 5.74) is 2.44. The summed E-state index contributed by atoms with van der Waals surface area (Å²) >= 11 is 1.77. The average molecular weight is 237 g/mol. The van der Waals surface area contributed by atoms with Gasteiger partial charge in [-0.2, -0.15) is 5.26 Å². The van der Waals surface area contributed by atoms with Gasteiger partial charge in [0.2, 0.25) is 0 Å². The lowest BCUT2D eigenvalue weighted by atomic mass is 9.93. The van der Waals surface area contributed by atoms with Crippen LogP contribution in [0.3, 0.4) is 0 Å². The van der Waals surface area contributed by atoms with Crippen LogP contribution >= 0.6 is 11.8 Å². The third kappa shape index (κ3) is 1.83. The molecule has 0 aromatic heterocycles. The quantitative estimate of drug-likeness (QED) is 0.691. The van der Waals surface area contributed by atoms with Crippen molar-refractivity contribution in [3.05, 3.63) is 59.7 Å². The van der Waals surface area contributed by atoms with Crippen molar-refractivity contribution >= 4 is 11.8 Å². The molecule has 17 heavy (non-hydrogen) atoms. The Hall–Kier alpha value is -1.72. The number of nitrogens with zero attached hydrogens (tertiary/aromatic N) is 1. The number of hydrogen-bond acceptors (Lipinski definition) is 2. The van der Waals surface area contributed by atoms with Gasteiger partial charge in [0.1, 0.15) is 0 Å². The Balaban J connectivity index is 2.17. The maximum Gasteiger partial charge on any atom is 0.0764 e. The minimum absolute atomic E-state index is 0.0256. The third-order valence-electron chi connectivity index (χ3n) is 3.07. The summed E-state index contributed by atoms with van der Waals surface area (Å²) in [7, 11) is 0. The van der Waals surface area contributed by atoms with Crippen LogP contribution in [0, 0.1) is 11.3 Å². The Bertz CT molecular complexity index is 598. The lowest BCUT2D eigenvalue weighted by molar-refractivity contribution is 0.826. The average Bonchev–Trinajstić information content (AvgIpc) is 2.54. The number of rotatable bonds is 0. The molecule has 1 heterocycles. The van der Waals surface area contributed by atoms with Crippen LogP contribution in [0.1, 0.15) is 17.0 Å². The first-order valence-electron chi connectivity index (χ1n) is 5.63. The maximum absolute atomic E-state index is 9.33. The monoisotopic (exact) mass is 237 g/mol. The second kappa shape index (κ2) is 4.27. The molecule has 1 atom stereocenters. The highest BCUT2D eigenvalue weighted by Crippen LogP contribution is 2.40. The van der Waals surface area contributed by atoms with E-state index in [0.29, 0.717) is 0 Å². The van der Waals surface area contributed by atoms with E-state index in [4.69, 9.17) is 0 Å². The number of fused-ring (bicyclic) bond motifs is 2. The predicted octanol–water partition coefficient (Wildman–Crippen LogP) is 4.00. The van der Waals surface area contributed by atoms with Gasteiger partial charge in [0.15, 0.2) is 0 Å². The second-order valence-corrected chi connectivity index (χ2v) is 5.22. The highest BCUT2D eigenvalue weighted by molar-refractivity contribution is 7.99. The number of benzene rings is 2. The van der Waals surface area contributed by atoms with E-state index in [-0.39, 0.29) is 5.92 Å². The van der Waals surface area contributed by atoms with Crippen LogP contribution in [0.5, 0.6) is 0 Å². The highest BCUT2D eigenvalue weighted by Gasteiger charge is 2.21. The largest absolute Gasteiger partial charge is 0.198 e. The minimum Gasteiger partial charge on any atom is -0.198 e. The van der Waals surface area contributed by atoms with Gasteiger partial charge in [-0.15, -0.1) is 0 Å². The van der Waals surface area contributed by atoms with Crippen molar-refractivity contribution in [3.8, 4) is 6.07 Å². The number of nitriles is 1. The molecule has 1 aliphatic rings. The third-order valence-corrected chi connectivity index (χ3v) is 4.28. The van der Waals surface area contributed by atoms with Crippen LogP contribution in [0.15, 0.2) is 58.3 Å². The van der Waals surface area contributed by atoms with E-state index in [2.05, 4.69) is 36.4 Å². The fourth-order valence-electron chi connectivity index (χ4n) is 2.20. The van der Waals surface area contributed by atoms with Gasteiger partial charge in [-0.1, -0.05) is 48.2 Å². The van der Waals surface area contributed by atoms with Gasteiger partial charge in [0.25, 0.3) is 0 Å². The van der Waals surface area contributed by atoms with Gasteiger partial charge >= 0.3 is 0 Å². The van der Waals surface area contributed by atoms with E-state index in [1.165, 1.54) is 15.4 Å². The van der Waals surface area contributed by atoms with Gasteiger partial charge in [-0.3, -0.25) is 0 Å². The first-order valence-corrected chi connectivity index (χ1v) is 6.44. The fraction of sp³-hybridized carbons (Fsp3) is 0.133. The lowest BCUT2D eigenvalue weighted by Crippen LogP contribution is -1.99. The Labute approximate surface area is 105 Å². The molecule has 0 unspecified atom stereocenters. The maximum atomic E-state index is 9.33. The molecule has 2 aromatic rings. The summed E-state index contributed by atoms with van der Waals surface area (Å²) in [5, 5.41) is 9.33. The van der Waals surface area contributed by atoms with Gasteiger partial charge < -0.3 is 0 Å². The molecule has 3 rings (SSSR count). The first-order chi connectivity index (χ1) is 8.38. The molecule has 2 aromatic carbocycles. The van der Waals surface area contributed by atoms with Crippen molar-refractivity contribution in [1.29, 1.82) is 5.26 Å². The van der Waals surface area contributed by atoms with E-state index in [0.717, 1.165) is 12.0 Å². The summed E-state index contributed by atoms with van der Waals surface area (Å²) < 4.78 is 0. The molecule has 0 aliphatic carbocycles. The van der Waals surface area contributed by atoms with Crippen LogP contribution in [-0.2, 0) is 6.42 Å². The molecule has 0 fully saturated rings. The molecule has 1 nitrogen and oxygen atoms in total. The molecule has 0 radical (unpaired) electrons. The van der Waals surface area contributed by atoms with E-state index >= 15 is 0 Å². The zero-order chi connectivity index (χ0) is 11.7. The van der Waals surface area contributed by atoms with Crippen LogP contribution in [0.25, 0.3) is 0 Å². The molecule has 1 aliphatic heterocycles. The van der Waals surface area contributed by atoms with E-state index in [1.807, 2.05) is 18.2 Å². The van der Waals surface area contributed by atoms with E-state index in [1.54, 1.807) is 11.8 Å². The first kappa shape index (κ1) is 10.4. The van der Waals surface area contributed by atoms with Crippen molar-refractivity contribution in [1.82, 2.24) is 0 Å². The SMILES string of the molecule is N#C[C@@H]1Cc2ccccc2Sc2ccccc21. The smallest absolute Gasteiger partial charge is 0.0764 e. The van der Waals surface area contributed by atoms with Crippen LogP contribution in [0.2, 0.25) is 0 Å². The van der Waals surface area contributed by atoms with Crippen molar-refractivity contribution in [3.63, 3.8) is 0 Å². The lowest BCUT2D eigenvalue weighted by Gasteiger charge is -2.08. The molecule has 0 saturated heterocycles. The fourth-order valence-corrected chi connectivity index (χ4v) is 3.34. The zero-order valence-corrected chi connectivity index (χ0v) is 10.1. The Morgan fingerprint density at radius 3 is 2.53 bits per heavy atom. The standard InChI is InChI=1S/C15H11NS/c16-10-12-9-11-5-1-3-7-14(11)17-15-8-4-2-6-13(12)15/h1-8,12H,9H2/t12-/m0/s1. The van der Waals surface area contributed by atoms with Crippen LogP contribution < -0.4 is 0 Å². The molecular weight excluding hydrogens is 226 g/mol. The molecule has 0 saturated carbocycles. The molecular formula is C15H11NS.